The van der Waals surface area contributed by atoms with Crippen LogP contribution in [-0.4, -0.2) is 70.1 Å². The summed E-state index contributed by atoms with van der Waals surface area (Å²) in [5.74, 6) is 0.799. The standard InChI is InChI=1S/C18H25N5O3S2/c1-3-7-16-19-18(21-20-16)27-14(2)17(24)22-10-12-23(13-11-22)28(25,26)15-8-5-4-6-9-15/h4-6,8-9,14H,3,7,10-13H2,1-2H3,(H,19,20,21)/t14-/m1/s1. The molecule has 1 saturated heterocycles. The molecular formula is C18H25N5O3S2. The van der Waals surface area contributed by atoms with Gasteiger partial charge in [0.1, 0.15) is 5.82 Å². The smallest absolute Gasteiger partial charge is 0.243 e. The maximum Gasteiger partial charge on any atom is 0.243 e. The number of carbonyl (C=O) groups excluding carboxylic acids is 1. The molecule has 0 bridgehead atoms. The number of sulfonamides is 1. The Hall–Kier alpha value is -1.91. The number of aromatic nitrogens is 3. The second-order valence-corrected chi connectivity index (χ2v) is 9.86. The molecule has 0 aliphatic carbocycles. The quantitative estimate of drug-likeness (QED) is 0.682. The van der Waals surface area contributed by atoms with Gasteiger partial charge in [-0.2, -0.15) is 4.31 Å². The van der Waals surface area contributed by atoms with Crippen molar-refractivity contribution in [1.82, 2.24) is 24.4 Å². The summed E-state index contributed by atoms with van der Waals surface area (Å²) in [5.41, 5.74) is 0. The number of carbonyl (C=O) groups is 1. The molecule has 1 aliphatic rings. The van der Waals surface area contributed by atoms with Gasteiger partial charge in [-0.05, 0) is 25.5 Å². The van der Waals surface area contributed by atoms with Gasteiger partial charge in [0, 0.05) is 32.6 Å². The van der Waals surface area contributed by atoms with Crippen LogP contribution in [0.15, 0.2) is 40.4 Å². The Morgan fingerprint density at radius 1 is 1.21 bits per heavy atom. The average Bonchev–Trinajstić information content (AvgIpc) is 3.15. The predicted octanol–water partition coefficient (Wildman–Crippen LogP) is 1.77. The van der Waals surface area contributed by atoms with E-state index in [4.69, 9.17) is 0 Å². The van der Waals surface area contributed by atoms with Gasteiger partial charge in [-0.1, -0.05) is 36.9 Å². The molecule has 1 aromatic heterocycles. The highest BCUT2D eigenvalue weighted by molar-refractivity contribution is 8.00. The molecule has 0 unspecified atom stereocenters. The predicted molar refractivity (Wildman–Crippen MR) is 107 cm³/mol. The molecule has 1 amide bonds. The molecule has 8 nitrogen and oxygen atoms in total. The van der Waals surface area contributed by atoms with Gasteiger partial charge in [-0.25, -0.2) is 13.4 Å². The first kappa shape index (κ1) is 20.8. The van der Waals surface area contributed by atoms with Crippen LogP contribution in [-0.2, 0) is 21.2 Å². The molecule has 2 aromatic rings. The number of aromatic amines is 1. The number of hydrogen-bond acceptors (Lipinski definition) is 6. The maximum atomic E-state index is 12.7. The van der Waals surface area contributed by atoms with Gasteiger partial charge in [0.05, 0.1) is 10.1 Å². The molecule has 1 aliphatic heterocycles. The van der Waals surface area contributed by atoms with Crippen LogP contribution in [0, 0.1) is 0 Å². The summed E-state index contributed by atoms with van der Waals surface area (Å²) >= 11 is 1.32. The minimum absolute atomic E-state index is 0.0244. The molecule has 0 radical (unpaired) electrons. The van der Waals surface area contributed by atoms with Gasteiger partial charge in [0.15, 0.2) is 0 Å². The Morgan fingerprint density at radius 3 is 2.54 bits per heavy atom. The van der Waals surface area contributed by atoms with Crippen molar-refractivity contribution in [3.05, 3.63) is 36.2 Å². The Morgan fingerprint density at radius 2 is 1.89 bits per heavy atom. The molecular weight excluding hydrogens is 398 g/mol. The van der Waals surface area contributed by atoms with Crippen molar-refractivity contribution in [3.8, 4) is 0 Å². The minimum Gasteiger partial charge on any atom is -0.339 e. The summed E-state index contributed by atoms with van der Waals surface area (Å²) in [6.07, 6.45) is 1.80. The van der Waals surface area contributed by atoms with Crippen LogP contribution in [0.5, 0.6) is 0 Å². The molecule has 10 heteroatoms. The summed E-state index contributed by atoms with van der Waals surface area (Å²) in [6, 6.07) is 8.39. The second-order valence-electron chi connectivity index (χ2n) is 6.62. The summed E-state index contributed by atoms with van der Waals surface area (Å²) in [7, 11) is -3.52. The van der Waals surface area contributed by atoms with E-state index in [9.17, 15) is 13.2 Å². The number of nitrogens with one attached hydrogen (secondary N) is 1. The van der Waals surface area contributed by atoms with E-state index in [-0.39, 0.29) is 16.1 Å². The monoisotopic (exact) mass is 423 g/mol. The lowest BCUT2D eigenvalue weighted by Gasteiger charge is -2.35. The summed E-state index contributed by atoms with van der Waals surface area (Å²) in [5, 5.41) is 7.27. The Labute approximate surface area is 169 Å². The van der Waals surface area contributed by atoms with Crippen molar-refractivity contribution in [3.63, 3.8) is 0 Å². The molecule has 1 atom stereocenters. The molecule has 0 spiro atoms. The summed E-state index contributed by atoms with van der Waals surface area (Å²) < 4.78 is 26.8. The van der Waals surface area contributed by atoms with Crippen LogP contribution < -0.4 is 0 Å². The number of benzene rings is 1. The fraction of sp³-hybridized carbons (Fsp3) is 0.500. The van der Waals surface area contributed by atoms with Crippen molar-refractivity contribution in [1.29, 1.82) is 0 Å². The molecule has 1 N–H and O–H groups in total. The lowest BCUT2D eigenvalue weighted by molar-refractivity contribution is -0.131. The molecule has 1 aromatic carbocycles. The van der Waals surface area contributed by atoms with E-state index in [2.05, 4.69) is 22.1 Å². The van der Waals surface area contributed by atoms with Gasteiger partial charge in [-0.3, -0.25) is 9.89 Å². The van der Waals surface area contributed by atoms with E-state index in [1.807, 2.05) is 6.92 Å². The van der Waals surface area contributed by atoms with E-state index in [0.29, 0.717) is 31.3 Å². The van der Waals surface area contributed by atoms with Gasteiger partial charge in [0.2, 0.25) is 21.1 Å². The van der Waals surface area contributed by atoms with Crippen molar-refractivity contribution >= 4 is 27.7 Å². The van der Waals surface area contributed by atoms with Gasteiger partial charge < -0.3 is 4.90 Å². The van der Waals surface area contributed by atoms with Gasteiger partial charge in [0.25, 0.3) is 0 Å². The van der Waals surface area contributed by atoms with E-state index in [1.165, 1.54) is 16.1 Å². The van der Waals surface area contributed by atoms with Crippen LogP contribution in [0.25, 0.3) is 0 Å². The summed E-state index contributed by atoms with van der Waals surface area (Å²) in [6.45, 7) is 5.24. The van der Waals surface area contributed by atoms with Crippen molar-refractivity contribution in [2.24, 2.45) is 0 Å². The Balaban J connectivity index is 1.55. The van der Waals surface area contributed by atoms with Crippen molar-refractivity contribution < 1.29 is 13.2 Å². The number of nitrogens with zero attached hydrogens (tertiary/aromatic N) is 4. The topological polar surface area (TPSA) is 99.3 Å². The molecule has 28 heavy (non-hydrogen) atoms. The number of H-pyrrole nitrogens is 1. The zero-order valence-corrected chi connectivity index (χ0v) is 17.7. The lowest BCUT2D eigenvalue weighted by Crippen LogP contribution is -2.52. The third kappa shape index (κ3) is 4.73. The fourth-order valence-corrected chi connectivity index (χ4v) is 5.31. The molecule has 3 rings (SSSR count). The number of thioether (sulfide) groups is 1. The molecule has 0 saturated carbocycles. The fourth-order valence-electron chi connectivity index (χ4n) is 3.04. The van der Waals surface area contributed by atoms with Crippen molar-refractivity contribution in [2.75, 3.05) is 26.2 Å². The van der Waals surface area contributed by atoms with Gasteiger partial charge >= 0.3 is 0 Å². The number of rotatable bonds is 7. The number of aryl methyl sites for hydroxylation is 1. The highest BCUT2D eigenvalue weighted by atomic mass is 32.2. The first-order valence-corrected chi connectivity index (χ1v) is 11.7. The first-order valence-electron chi connectivity index (χ1n) is 9.33. The molecule has 152 valence electrons. The Kier molecular flexibility index (Phi) is 6.73. The minimum atomic E-state index is -3.52. The average molecular weight is 424 g/mol. The third-order valence-electron chi connectivity index (χ3n) is 4.56. The Bertz CT molecular complexity index is 893. The lowest BCUT2D eigenvalue weighted by atomic mass is 10.3. The normalized spacial score (nSPS) is 16.9. The highest BCUT2D eigenvalue weighted by Gasteiger charge is 2.31. The van der Waals surface area contributed by atoms with E-state index >= 15 is 0 Å². The molecule has 2 heterocycles. The number of piperazine rings is 1. The first-order chi connectivity index (χ1) is 13.4. The SMILES string of the molecule is CCCc1nc(S[C@H](C)C(=O)N2CCN(S(=O)(=O)c3ccccc3)CC2)n[nH]1. The summed E-state index contributed by atoms with van der Waals surface area (Å²) in [4.78, 5) is 19.1. The second kappa shape index (κ2) is 9.06. The number of hydrogen-bond donors (Lipinski definition) is 1. The van der Waals surface area contributed by atoms with E-state index < -0.39 is 10.0 Å². The van der Waals surface area contributed by atoms with E-state index in [0.717, 1.165) is 18.7 Å². The maximum absolute atomic E-state index is 12.7. The number of amides is 1. The van der Waals surface area contributed by atoms with Crippen LogP contribution in [0.1, 0.15) is 26.1 Å². The van der Waals surface area contributed by atoms with Crippen LogP contribution in [0.4, 0.5) is 0 Å². The van der Waals surface area contributed by atoms with Gasteiger partial charge in [-0.15, -0.1) is 5.10 Å². The van der Waals surface area contributed by atoms with Crippen LogP contribution >= 0.6 is 11.8 Å². The zero-order valence-electron chi connectivity index (χ0n) is 16.0. The zero-order chi connectivity index (χ0) is 20.1. The van der Waals surface area contributed by atoms with Crippen LogP contribution in [0.2, 0.25) is 0 Å². The van der Waals surface area contributed by atoms with Crippen LogP contribution in [0.3, 0.4) is 0 Å². The largest absolute Gasteiger partial charge is 0.339 e. The van der Waals surface area contributed by atoms with E-state index in [1.54, 1.807) is 35.2 Å². The molecule has 1 fully saturated rings. The highest BCUT2D eigenvalue weighted by Crippen LogP contribution is 2.23. The third-order valence-corrected chi connectivity index (χ3v) is 7.42. The van der Waals surface area contributed by atoms with Crippen molar-refractivity contribution in [2.45, 2.75) is 42.0 Å².